The minimum atomic E-state index is -0.700. The number of aryl methyl sites for hydroxylation is 1. The Balaban J connectivity index is 1.25. The molecule has 1 fully saturated rings. The summed E-state index contributed by atoms with van der Waals surface area (Å²) >= 11 is 12.6. The Hall–Kier alpha value is -2.52. The van der Waals surface area contributed by atoms with Crippen LogP contribution in [0.25, 0.3) is 0 Å². The maximum absolute atomic E-state index is 12.9. The maximum Gasteiger partial charge on any atom is 0.517 e. The normalized spacial score (nSPS) is 17.0. The van der Waals surface area contributed by atoms with E-state index >= 15 is 0 Å². The molecule has 2 aromatic carbocycles. The van der Waals surface area contributed by atoms with E-state index in [1.54, 1.807) is 25.9 Å². The molecule has 0 saturated carbocycles. The molecule has 8 nitrogen and oxygen atoms in total. The monoisotopic (exact) mass is 591 g/mol. The highest BCUT2D eigenvalue weighted by atomic mass is 35.5. The number of hydrogen-bond acceptors (Lipinski definition) is 6. The van der Waals surface area contributed by atoms with E-state index in [-0.39, 0.29) is 16.5 Å². The highest BCUT2D eigenvalue weighted by molar-refractivity contribution is 6.43. The molecule has 2 aliphatic heterocycles. The molecule has 4 rings (SSSR count). The summed E-state index contributed by atoms with van der Waals surface area (Å²) in [7, 11) is 3.59. The molecule has 0 aliphatic carbocycles. The smallest absolute Gasteiger partial charge is 0.494 e. The van der Waals surface area contributed by atoms with E-state index in [0.717, 1.165) is 62.5 Å². The summed E-state index contributed by atoms with van der Waals surface area (Å²) in [5.41, 5.74) is 2.81. The fourth-order valence-corrected chi connectivity index (χ4v) is 5.43. The summed E-state index contributed by atoms with van der Waals surface area (Å²) in [6, 6.07) is 11.7. The first-order valence-corrected chi connectivity index (χ1v) is 14.9. The summed E-state index contributed by atoms with van der Waals surface area (Å²) < 4.78 is 11.9. The molecule has 1 atom stereocenters. The van der Waals surface area contributed by atoms with Crippen molar-refractivity contribution in [1.29, 1.82) is 0 Å². The van der Waals surface area contributed by atoms with Gasteiger partial charge in [0.25, 0.3) is 0 Å². The zero-order chi connectivity index (χ0) is 28.9. The van der Waals surface area contributed by atoms with Crippen molar-refractivity contribution < 1.29 is 23.5 Å². The molecule has 0 spiro atoms. The molecule has 1 unspecified atom stereocenters. The first-order valence-electron chi connectivity index (χ1n) is 14.1. The number of hydrogen-bond donors (Lipinski definition) is 0. The van der Waals surface area contributed by atoms with Crippen molar-refractivity contribution in [2.45, 2.75) is 45.8 Å². The van der Waals surface area contributed by atoms with Gasteiger partial charge >= 0.3 is 6.09 Å². The molecule has 2 aliphatic rings. The molecule has 40 heavy (non-hydrogen) atoms. The summed E-state index contributed by atoms with van der Waals surface area (Å²) in [5.74, 6) is 0.665. The summed E-state index contributed by atoms with van der Waals surface area (Å²) in [4.78, 5) is 31.8. The molecule has 218 valence electrons. The number of carbonyl (C=O) groups excluding carboxylic acids is 2. The second-order valence-electron chi connectivity index (χ2n) is 11.0. The standard InChI is InChI=1S/C30H41Cl2N4O4/c1-5-36(3,4)30(38)40-22(2)35-27-21-24(13-11-23(27)12-14-28(35)37)39-20-7-6-15-33-16-18-34(19-17-33)26-10-8-9-25(31)29(26)32/h8-11,13,21-22H,5-7,12,14-20H2,1-4H3/q+1. The van der Waals surface area contributed by atoms with E-state index in [1.807, 2.05) is 43.3 Å². The van der Waals surface area contributed by atoms with Gasteiger partial charge in [-0.2, -0.15) is 4.79 Å². The number of halogens is 2. The van der Waals surface area contributed by atoms with Crippen LogP contribution in [-0.2, 0) is 16.0 Å². The van der Waals surface area contributed by atoms with E-state index in [1.165, 1.54) is 0 Å². The second kappa shape index (κ2) is 13.4. The number of benzene rings is 2. The third kappa shape index (κ3) is 7.21. The number of nitrogens with zero attached hydrogens (tertiary/aromatic N) is 4. The number of unbranched alkanes of at least 4 members (excludes halogenated alkanes) is 1. The van der Waals surface area contributed by atoms with E-state index in [2.05, 4.69) is 9.80 Å². The average molecular weight is 593 g/mol. The van der Waals surface area contributed by atoms with E-state index in [4.69, 9.17) is 32.7 Å². The van der Waals surface area contributed by atoms with Crippen LogP contribution in [0, 0.1) is 0 Å². The van der Waals surface area contributed by atoms with E-state index in [0.29, 0.717) is 41.8 Å². The van der Waals surface area contributed by atoms with E-state index < -0.39 is 6.23 Å². The predicted octanol–water partition coefficient (Wildman–Crippen LogP) is 5.83. The molecule has 1 saturated heterocycles. The van der Waals surface area contributed by atoms with Crippen LogP contribution in [0.15, 0.2) is 36.4 Å². The molecule has 0 N–H and O–H groups in total. The topological polar surface area (TPSA) is 62.3 Å². The highest BCUT2D eigenvalue weighted by Crippen LogP contribution is 2.34. The Bertz CT molecular complexity index is 1200. The minimum Gasteiger partial charge on any atom is -0.494 e. The number of amides is 2. The Labute approximate surface area is 247 Å². The average Bonchev–Trinajstić information content (AvgIpc) is 2.94. The van der Waals surface area contributed by atoms with E-state index in [9.17, 15) is 9.59 Å². The first kappa shape index (κ1) is 30.4. The number of anilines is 2. The second-order valence-corrected chi connectivity index (χ2v) is 11.8. The van der Waals surface area contributed by atoms with Crippen molar-refractivity contribution in [3.05, 3.63) is 52.0 Å². The van der Waals surface area contributed by atoms with Crippen LogP contribution in [0.2, 0.25) is 10.0 Å². The van der Waals surface area contributed by atoms with Crippen LogP contribution in [-0.4, -0.2) is 87.6 Å². The number of quaternary nitrogens is 1. The van der Waals surface area contributed by atoms with Crippen molar-refractivity contribution in [3.63, 3.8) is 0 Å². The van der Waals surface area contributed by atoms with Crippen molar-refractivity contribution in [3.8, 4) is 5.75 Å². The van der Waals surface area contributed by atoms with Crippen molar-refractivity contribution in [1.82, 2.24) is 4.90 Å². The molecule has 2 heterocycles. The Morgan fingerprint density at radius 3 is 2.50 bits per heavy atom. The van der Waals surface area contributed by atoms with Gasteiger partial charge in [0.15, 0.2) is 6.23 Å². The number of carbonyl (C=O) groups is 2. The largest absolute Gasteiger partial charge is 0.517 e. The van der Waals surface area contributed by atoms with Crippen molar-refractivity contribution in [2.24, 2.45) is 0 Å². The molecular weight excluding hydrogens is 551 g/mol. The molecular formula is C30H41Cl2N4O4+. The predicted molar refractivity (Wildman–Crippen MR) is 161 cm³/mol. The van der Waals surface area contributed by atoms with Gasteiger partial charge in [-0.15, -0.1) is 0 Å². The van der Waals surface area contributed by atoms with Gasteiger partial charge in [-0.05, 0) is 63.4 Å². The Morgan fingerprint density at radius 2 is 1.77 bits per heavy atom. The van der Waals surface area contributed by atoms with Gasteiger partial charge in [0, 0.05) is 38.7 Å². The van der Waals surface area contributed by atoms with Crippen LogP contribution in [0.1, 0.15) is 38.7 Å². The SMILES string of the molecule is CC[N+](C)(C)C(=O)OC(C)N1C(=O)CCc2ccc(OCCCCN3CCN(c4cccc(Cl)c4Cl)CC3)cc21. The Kier molecular flexibility index (Phi) is 10.2. The lowest BCUT2D eigenvalue weighted by Gasteiger charge is -2.36. The molecule has 0 radical (unpaired) electrons. The fraction of sp³-hybridized carbons (Fsp3) is 0.533. The molecule has 2 aromatic rings. The zero-order valence-corrected chi connectivity index (χ0v) is 25.5. The molecule has 0 aromatic heterocycles. The minimum absolute atomic E-state index is 0.0514. The van der Waals surface area contributed by atoms with Crippen LogP contribution >= 0.6 is 23.2 Å². The number of rotatable bonds is 10. The van der Waals surface area contributed by atoms with Crippen molar-refractivity contribution >= 4 is 46.6 Å². The molecule has 0 bridgehead atoms. The van der Waals surface area contributed by atoms with Gasteiger partial charge in [-0.25, -0.2) is 4.48 Å². The van der Waals surface area contributed by atoms with Crippen LogP contribution in [0.3, 0.4) is 0 Å². The van der Waals surface area contributed by atoms with Gasteiger partial charge in [0.2, 0.25) is 5.91 Å². The van der Waals surface area contributed by atoms with Gasteiger partial charge < -0.3 is 14.4 Å². The first-order chi connectivity index (χ1) is 19.1. The van der Waals surface area contributed by atoms with Gasteiger partial charge in [-0.3, -0.25) is 14.6 Å². The lowest BCUT2D eigenvalue weighted by Crippen LogP contribution is -2.51. The summed E-state index contributed by atoms with van der Waals surface area (Å²) in [5, 5.41) is 1.22. The van der Waals surface area contributed by atoms with Crippen LogP contribution in [0.5, 0.6) is 5.75 Å². The fourth-order valence-electron chi connectivity index (χ4n) is 5.01. The summed E-state index contributed by atoms with van der Waals surface area (Å²) in [6.07, 6.45) is 1.95. The summed E-state index contributed by atoms with van der Waals surface area (Å²) in [6.45, 7) is 9.69. The number of piperazine rings is 1. The Morgan fingerprint density at radius 1 is 1.02 bits per heavy atom. The van der Waals surface area contributed by atoms with Crippen LogP contribution in [0.4, 0.5) is 16.2 Å². The maximum atomic E-state index is 12.9. The lowest BCUT2D eigenvalue weighted by molar-refractivity contribution is -0.815. The van der Waals surface area contributed by atoms with Gasteiger partial charge in [0.1, 0.15) is 5.75 Å². The molecule has 10 heteroatoms. The van der Waals surface area contributed by atoms with Gasteiger partial charge in [-0.1, -0.05) is 35.3 Å². The zero-order valence-electron chi connectivity index (χ0n) is 24.0. The quantitative estimate of drug-likeness (QED) is 0.256. The highest BCUT2D eigenvalue weighted by Gasteiger charge is 2.35. The van der Waals surface area contributed by atoms with Crippen LogP contribution < -0.4 is 14.5 Å². The lowest BCUT2D eigenvalue weighted by atomic mass is 10.0. The molecule has 2 amide bonds. The number of ether oxygens (including phenoxy) is 2. The third-order valence-electron chi connectivity index (χ3n) is 7.89. The van der Waals surface area contributed by atoms with Gasteiger partial charge in [0.05, 0.1) is 48.7 Å². The number of fused-ring (bicyclic) bond motifs is 1. The third-order valence-corrected chi connectivity index (χ3v) is 8.70. The van der Waals surface area contributed by atoms with Crippen molar-refractivity contribution in [2.75, 3.05) is 69.8 Å².